The number of carbonyl (C=O) groups is 3. The van der Waals surface area contributed by atoms with Gasteiger partial charge < -0.3 is 14.9 Å². The van der Waals surface area contributed by atoms with Crippen molar-refractivity contribution in [1.82, 2.24) is 9.80 Å². The van der Waals surface area contributed by atoms with Gasteiger partial charge in [0.1, 0.15) is 13.1 Å². The van der Waals surface area contributed by atoms with Gasteiger partial charge in [-0.15, -0.1) is 0 Å². The zero-order valence-corrected chi connectivity index (χ0v) is 11.0. The largest absolute Gasteiger partial charge is 0.480 e. The van der Waals surface area contributed by atoms with E-state index in [4.69, 9.17) is 5.11 Å². The molecular weight excluding hydrogens is 248 g/mol. The lowest BCUT2D eigenvalue weighted by atomic mass is 9.89. The van der Waals surface area contributed by atoms with Crippen LogP contribution in [-0.2, 0) is 14.4 Å². The van der Waals surface area contributed by atoms with Crippen LogP contribution in [-0.4, -0.2) is 58.9 Å². The SMILES string of the molecule is O=C(O)CN1CC(=O)N(CC2CCCCC2)CC1=O. The summed E-state index contributed by atoms with van der Waals surface area (Å²) in [6.07, 6.45) is 5.90. The molecule has 0 unspecified atom stereocenters. The molecule has 2 aliphatic rings. The Morgan fingerprint density at radius 1 is 1.05 bits per heavy atom. The predicted octanol–water partition coefficient (Wildman–Crippen LogP) is 0.322. The van der Waals surface area contributed by atoms with Gasteiger partial charge in [0.25, 0.3) is 0 Å². The Balaban J connectivity index is 1.88. The lowest BCUT2D eigenvalue weighted by Crippen LogP contribution is -2.55. The van der Waals surface area contributed by atoms with Crippen molar-refractivity contribution in [2.75, 3.05) is 26.2 Å². The van der Waals surface area contributed by atoms with Crippen molar-refractivity contribution in [3.63, 3.8) is 0 Å². The molecule has 6 heteroatoms. The van der Waals surface area contributed by atoms with Gasteiger partial charge in [-0.3, -0.25) is 14.4 Å². The van der Waals surface area contributed by atoms with E-state index >= 15 is 0 Å². The molecule has 0 aromatic heterocycles. The second kappa shape index (κ2) is 6.04. The molecule has 0 aromatic carbocycles. The third-order valence-corrected chi connectivity index (χ3v) is 3.89. The molecule has 1 aliphatic heterocycles. The van der Waals surface area contributed by atoms with E-state index < -0.39 is 5.97 Å². The molecule has 106 valence electrons. The van der Waals surface area contributed by atoms with Crippen molar-refractivity contribution < 1.29 is 19.5 Å². The molecule has 0 bridgehead atoms. The highest BCUT2D eigenvalue weighted by atomic mass is 16.4. The van der Waals surface area contributed by atoms with Crippen LogP contribution in [0.1, 0.15) is 32.1 Å². The van der Waals surface area contributed by atoms with Gasteiger partial charge >= 0.3 is 5.97 Å². The van der Waals surface area contributed by atoms with Crippen LogP contribution in [0.2, 0.25) is 0 Å². The number of carboxylic acids is 1. The molecule has 0 atom stereocenters. The van der Waals surface area contributed by atoms with Gasteiger partial charge in [0, 0.05) is 6.54 Å². The minimum absolute atomic E-state index is 0.0304. The lowest BCUT2D eigenvalue weighted by Gasteiger charge is -2.35. The van der Waals surface area contributed by atoms with Crippen LogP contribution in [0.5, 0.6) is 0 Å². The first-order valence-corrected chi connectivity index (χ1v) is 6.83. The maximum atomic E-state index is 11.9. The predicted molar refractivity (Wildman–Crippen MR) is 67.4 cm³/mol. The van der Waals surface area contributed by atoms with Gasteiger partial charge in [-0.1, -0.05) is 19.3 Å². The van der Waals surface area contributed by atoms with Gasteiger partial charge in [-0.05, 0) is 18.8 Å². The van der Waals surface area contributed by atoms with Crippen LogP contribution < -0.4 is 0 Å². The molecule has 1 aliphatic carbocycles. The first-order valence-electron chi connectivity index (χ1n) is 6.83. The Bertz CT molecular complexity index is 377. The van der Waals surface area contributed by atoms with Crippen LogP contribution in [0.4, 0.5) is 0 Å². The molecular formula is C13H20N2O4. The number of piperazine rings is 1. The molecule has 2 fully saturated rings. The molecule has 1 saturated heterocycles. The van der Waals surface area contributed by atoms with Crippen LogP contribution in [0, 0.1) is 5.92 Å². The second-order valence-corrected chi connectivity index (χ2v) is 5.42. The zero-order valence-electron chi connectivity index (χ0n) is 11.0. The average molecular weight is 268 g/mol. The molecule has 1 N–H and O–H groups in total. The molecule has 2 rings (SSSR count). The van der Waals surface area contributed by atoms with Crippen LogP contribution in [0.3, 0.4) is 0 Å². The number of aliphatic carboxylic acids is 1. The first-order chi connectivity index (χ1) is 9.06. The summed E-state index contributed by atoms with van der Waals surface area (Å²) in [5, 5.41) is 8.68. The van der Waals surface area contributed by atoms with E-state index in [1.807, 2.05) is 0 Å². The molecule has 2 amide bonds. The third kappa shape index (κ3) is 3.68. The van der Waals surface area contributed by atoms with E-state index in [1.165, 1.54) is 19.3 Å². The van der Waals surface area contributed by atoms with E-state index in [-0.39, 0.29) is 31.4 Å². The Kier molecular flexibility index (Phi) is 4.39. The number of hydrogen-bond donors (Lipinski definition) is 1. The molecule has 1 heterocycles. The maximum Gasteiger partial charge on any atom is 0.323 e. The van der Waals surface area contributed by atoms with Crippen LogP contribution in [0.15, 0.2) is 0 Å². The highest BCUT2D eigenvalue weighted by molar-refractivity contribution is 5.94. The Morgan fingerprint density at radius 3 is 2.26 bits per heavy atom. The van der Waals surface area contributed by atoms with E-state index in [0.29, 0.717) is 12.5 Å². The van der Waals surface area contributed by atoms with Crippen molar-refractivity contribution in [2.45, 2.75) is 32.1 Å². The van der Waals surface area contributed by atoms with Gasteiger partial charge in [0.05, 0.1) is 6.54 Å². The number of carboxylic acid groups (broad SMARTS) is 1. The summed E-state index contributed by atoms with van der Waals surface area (Å²) >= 11 is 0. The maximum absolute atomic E-state index is 11.9. The topological polar surface area (TPSA) is 77.9 Å². The smallest absolute Gasteiger partial charge is 0.323 e. The van der Waals surface area contributed by atoms with Crippen LogP contribution in [0.25, 0.3) is 0 Å². The molecule has 0 radical (unpaired) electrons. The van der Waals surface area contributed by atoms with Crippen LogP contribution >= 0.6 is 0 Å². The summed E-state index contributed by atoms with van der Waals surface area (Å²) in [5.41, 5.74) is 0. The number of carbonyl (C=O) groups excluding carboxylic acids is 2. The fraction of sp³-hybridized carbons (Fsp3) is 0.769. The average Bonchev–Trinajstić information content (AvgIpc) is 2.36. The van der Waals surface area contributed by atoms with Gasteiger partial charge in [-0.25, -0.2) is 0 Å². The number of hydrogen-bond acceptors (Lipinski definition) is 3. The Hall–Kier alpha value is -1.59. The monoisotopic (exact) mass is 268 g/mol. The summed E-state index contributed by atoms with van der Waals surface area (Å²) in [5.74, 6) is -0.984. The third-order valence-electron chi connectivity index (χ3n) is 3.89. The zero-order chi connectivity index (χ0) is 13.8. The Labute approximate surface area is 112 Å². The second-order valence-electron chi connectivity index (χ2n) is 5.42. The number of nitrogens with zero attached hydrogens (tertiary/aromatic N) is 2. The minimum atomic E-state index is -1.08. The van der Waals surface area contributed by atoms with Gasteiger partial charge in [0.2, 0.25) is 11.8 Å². The standard InChI is InChI=1S/C13H20N2O4/c16-11-8-15(9-13(18)19)12(17)7-14(11)6-10-4-2-1-3-5-10/h10H,1-9H2,(H,18,19). The lowest BCUT2D eigenvalue weighted by molar-refractivity contribution is -0.154. The van der Waals surface area contributed by atoms with E-state index in [9.17, 15) is 14.4 Å². The number of rotatable bonds is 4. The van der Waals surface area contributed by atoms with Gasteiger partial charge in [-0.2, -0.15) is 0 Å². The summed E-state index contributed by atoms with van der Waals surface area (Å²) in [6.45, 7) is 0.188. The normalized spacial score (nSPS) is 21.9. The van der Waals surface area contributed by atoms with Crippen molar-refractivity contribution >= 4 is 17.8 Å². The van der Waals surface area contributed by atoms with Crippen molar-refractivity contribution in [3.8, 4) is 0 Å². The van der Waals surface area contributed by atoms with Crippen molar-refractivity contribution in [3.05, 3.63) is 0 Å². The van der Waals surface area contributed by atoms with Gasteiger partial charge in [0.15, 0.2) is 0 Å². The van der Waals surface area contributed by atoms with Crippen molar-refractivity contribution in [1.29, 1.82) is 0 Å². The summed E-state index contributed by atoms with van der Waals surface area (Å²) in [4.78, 5) is 37.0. The molecule has 1 saturated carbocycles. The molecule has 0 spiro atoms. The fourth-order valence-electron chi connectivity index (χ4n) is 2.86. The fourth-order valence-corrected chi connectivity index (χ4v) is 2.86. The molecule has 6 nitrogen and oxygen atoms in total. The van der Waals surface area contributed by atoms with E-state index in [1.54, 1.807) is 4.90 Å². The van der Waals surface area contributed by atoms with E-state index in [2.05, 4.69) is 0 Å². The van der Waals surface area contributed by atoms with E-state index in [0.717, 1.165) is 17.7 Å². The Morgan fingerprint density at radius 2 is 1.63 bits per heavy atom. The molecule has 0 aromatic rings. The van der Waals surface area contributed by atoms with Crippen molar-refractivity contribution in [2.24, 2.45) is 5.92 Å². The highest BCUT2D eigenvalue weighted by Gasteiger charge is 2.32. The quantitative estimate of drug-likeness (QED) is 0.796. The summed E-state index contributed by atoms with van der Waals surface area (Å²) in [6, 6.07) is 0. The number of amides is 2. The summed E-state index contributed by atoms with van der Waals surface area (Å²) < 4.78 is 0. The summed E-state index contributed by atoms with van der Waals surface area (Å²) in [7, 11) is 0. The molecule has 19 heavy (non-hydrogen) atoms. The first kappa shape index (κ1) is 13.8. The highest BCUT2D eigenvalue weighted by Crippen LogP contribution is 2.25. The minimum Gasteiger partial charge on any atom is -0.480 e.